The molecule has 0 aliphatic heterocycles. The molecule has 3 N–H and O–H groups in total. The second-order valence-corrected chi connectivity index (χ2v) is 5.80. The van der Waals surface area contributed by atoms with Crippen LogP contribution in [0, 0.1) is 12.7 Å². The molecule has 3 aromatic heterocycles. The van der Waals surface area contributed by atoms with Crippen molar-refractivity contribution < 1.29 is 9.18 Å². The summed E-state index contributed by atoms with van der Waals surface area (Å²) in [5.41, 5.74) is 1.22. The fourth-order valence-electron chi connectivity index (χ4n) is 2.89. The summed E-state index contributed by atoms with van der Waals surface area (Å²) in [5, 5.41) is 11.8. The molecule has 0 radical (unpaired) electrons. The van der Waals surface area contributed by atoms with Crippen LogP contribution in [0.4, 0.5) is 10.3 Å². The van der Waals surface area contributed by atoms with E-state index in [1.54, 1.807) is 19.1 Å². The molecule has 0 spiro atoms. The fraction of sp³-hybridized carbons (Fsp3) is 0.188. The molecule has 1 amide bonds. The molecule has 26 heavy (non-hydrogen) atoms. The molecule has 0 aliphatic carbocycles. The summed E-state index contributed by atoms with van der Waals surface area (Å²) in [6.07, 6.45) is 1.54. The van der Waals surface area contributed by atoms with Gasteiger partial charge in [0.25, 0.3) is 5.56 Å². The van der Waals surface area contributed by atoms with Crippen LogP contribution in [0.2, 0.25) is 0 Å². The largest absolute Gasteiger partial charge is 0.295 e. The average molecular weight is 355 g/mol. The van der Waals surface area contributed by atoms with E-state index < -0.39 is 5.82 Å². The van der Waals surface area contributed by atoms with Gasteiger partial charge in [-0.2, -0.15) is 10.1 Å². The van der Waals surface area contributed by atoms with Gasteiger partial charge in [0.1, 0.15) is 12.1 Å². The fourth-order valence-corrected chi connectivity index (χ4v) is 2.89. The average Bonchev–Trinajstić information content (AvgIpc) is 3.23. The molecule has 4 rings (SSSR count). The number of rotatable bonds is 4. The lowest BCUT2D eigenvalue weighted by molar-refractivity contribution is -0.116. The number of nitrogens with one attached hydrogen (secondary N) is 3. The molecule has 0 saturated heterocycles. The molecule has 0 bridgehead atoms. The van der Waals surface area contributed by atoms with Crippen LogP contribution in [0.1, 0.15) is 17.7 Å². The third kappa shape index (κ3) is 2.61. The zero-order valence-electron chi connectivity index (χ0n) is 13.7. The number of nitrogens with zero attached hydrogens (tertiary/aromatic N) is 4. The number of fused-ring (bicyclic) bond motifs is 3. The molecule has 0 saturated carbocycles. The lowest BCUT2D eigenvalue weighted by Gasteiger charge is -2.05. The van der Waals surface area contributed by atoms with Gasteiger partial charge in [0.05, 0.1) is 10.9 Å². The minimum absolute atomic E-state index is 0.0686. The van der Waals surface area contributed by atoms with E-state index in [0.717, 1.165) is 0 Å². The first-order chi connectivity index (χ1) is 12.5. The van der Waals surface area contributed by atoms with Crippen LogP contribution in [0.5, 0.6) is 0 Å². The molecule has 0 aliphatic rings. The van der Waals surface area contributed by atoms with E-state index in [2.05, 4.69) is 30.6 Å². The summed E-state index contributed by atoms with van der Waals surface area (Å²) in [7, 11) is 0. The lowest BCUT2D eigenvalue weighted by atomic mass is 10.1. The van der Waals surface area contributed by atoms with Crippen LogP contribution in [-0.2, 0) is 11.2 Å². The van der Waals surface area contributed by atoms with E-state index in [-0.39, 0.29) is 41.3 Å². The van der Waals surface area contributed by atoms with Gasteiger partial charge in [0.15, 0.2) is 5.65 Å². The lowest BCUT2D eigenvalue weighted by Crippen LogP contribution is -2.23. The van der Waals surface area contributed by atoms with Crippen molar-refractivity contribution in [3.63, 3.8) is 0 Å². The zero-order chi connectivity index (χ0) is 18.3. The van der Waals surface area contributed by atoms with Gasteiger partial charge in [-0.1, -0.05) is 6.07 Å². The monoisotopic (exact) mass is 355 g/mol. The van der Waals surface area contributed by atoms with E-state index >= 15 is 0 Å². The number of amides is 1. The number of carbonyl (C=O) groups is 1. The second kappa shape index (κ2) is 6.06. The summed E-state index contributed by atoms with van der Waals surface area (Å²) in [6.45, 7) is 1.67. The van der Waals surface area contributed by atoms with E-state index in [1.165, 1.54) is 16.9 Å². The summed E-state index contributed by atoms with van der Waals surface area (Å²) in [4.78, 5) is 32.9. The number of benzene rings is 1. The van der Waals surface area contributed by atoms with Crippen molar-refractivity contribution in [3.05, 3.63) is 52.0 Å². The van der Waals surface area contributed by atoms with Crippen LogP contribution in [-0.4, -0.2) is 35.7 Å². The van der Waals surface area contributed by atoms with Gasteiger partial charge in [0, 0.05) is 17.7 Å². The van der Waals surface area contributed by atoms with Gasteiger partial charge in [-0.25, -0.2) is 19.0 Å². The zero-order valence-corrected chi connectivity index (χ0v) is 13.7. The highest BCUT2D eigenvalue weighted by Gasteiger charge is 2.17. The number of halogens is 1. The number of carbonyl (C=O) groups excluding carboxylic acids is 1. The van der Waals surface area contributed by atoms with Crippen molar-refractivity contribution in [3.8, 4) is 0 Å². The summed E-state index contributed by atoms with van der Waals surface area (Å²) in [5.74, 6) is -0.525. The molecular formula is C16H14FN7O2. The van der Waals surface area contributed by atoms with Crippen LogP contribution >= 0.6 is 0 Å². The van der Waals surface area contributed by atoms with Gasteiger partial charge >= 0.3 is 0 Å². The highest BCUT2D eigenvalue weighted by atomic mass is 19.1. The molecule has 0 atom stereocenters. The molecule has 4 aromatic rings. The standard InChI is InChI=1S/C16H14FN7O2/c1-8-9(5-6-12(25)21-16-18-7-19-22-16)15(26)24-14(20-8)13-10(17)3-2-4-11(13)23-24/h2-4,7,23H,5-6H2,1H3,(H2,18,19,21,22,25). The summed E-state index contributed by atoms with van der Waals surface area (Å²) < 4.78 is 15.3. The Labute approximate surface area is 145 Å². The number of aromatic amines is 2. The molecule has 0 fully saturated rings. The Hall–Kier alpha value is -3.56. The van der Waals surface area contributed by atoms with Crippen LogP contribution in [0.25, 0.3) is 16.6 Å². The predicted molar refractivity (Wildman–Crippen MR) is 91.3 cm³/mol. The number of aromatic nitrogens is 6. The van der Waals surface area contributed by atoms with Crippen LogP contribution in [0.15, 0.2) is 29.3 Å². The molecule has 0 unspecified atom stereocenters. The Balaban J connectivity index is 1.67. The molecule has 132 valence electrons. The van der Waals surface area contributed by atoms with Crippen molar-refractivity contribution in [2.24, 2.45) is 0 Å². The van der Waals surface area contributed by atoms with Crippen molar-refractivity contribution >= 4 is 28.4 Å². The van der Waals surface area contributed by atoms with Gasteiger partial charge in [0.2, 0.25) is 11.9 Å². The maximum absolute atomic E-state index is 14.1. The van der Waals surface area contributed by atoms with Gasteiger partial charge in [-0.15, -0.1) is 0 Å². The van der Waals surface area contributed by atoms with Gasteiger partial charge < -0.3 is 0 Å². The molecule has 1 aromatic carbocycles. The summed E-state index contributed by atoms with van der Waals surface area (Å²) >= 11 is 0. The first-order valence-electron chi connectivity index (χ1n) is 7.88. The molecular weight excluding hydrogens is 341 g/mol. The van der Waals surface area contributed by atoms with E-state index in [1.807, 2.05) is 0 Å². The topological polar surface area (TPSA) is 121 Å². The number of hydrogen-bond donors (Lipinski definition) is 3. The Morgan fingerprint density at radius 2 is 2.23 bits per heavy atom. The second-order valence-electron chi connectivity index (χ2n) is 5.80. The minimum atomic E-state index is -0.452. The number of H-pyrrole nitrogens is 2. The van der Waals surface area contributed by atoms with Crippen LogP contribution in [0.3, 0.4) is 0 Å². The summed E-state index contributed by atoms with van der Waals surface area (Å²) in [6, 6.07) is 4.55. The third-order valence-corrected chi connectivity index (χ3v) is 4.13. The van der Waals surface area contributed by atoms with E-state index in [0.29, 0.717) is 16.8 Å². The van der Waals surface area contributed by atoms with Crippen molar-refractivity contribution in [2.75, 3.05) is 5.32 Å². The molecule has 10 heteroatoms. The Morgan fingerprint density at radius 1 is 1.38 bits per heavy atom. The normalized spacial score (nSPS) is 11.3. The highest BCUT2D eigenvalue weighted by molar-refractivity contribution is 5.92. The van der Waals surface area contributed by atoms with Gasteiger partial charge in [-0.05, 0) is 25.5 Å². The number of hydrogen-bond acceptors (Lipinski definition) is 5. The van der Waals surface area contributed by atoms with Gasteiger partial charge in [-0.3, -0.25) is 20.0 Å². The predicted octanol–water partition coefficient (Wildman–Crippen LogP) is 1.31. The maximum atomic E-state index is 14.1. The van der Waals surface area contributed by atoms with Crippen LogP contribution < -0.4 is 10.9 Å². The minimum Gasteiger partial charge on any atom is -0.295 e. The first-order valence-corrected chi connectivity index (χ1v) is 7.88. The van der Waals surface area contributed by atoms with E-state index in [9.17, 15) is 14.0 Å². The number of aryl methyl sites for hydroxylation is 1. The van der Waals surface area contributed by atoms with Crippen molar-refractivity contribution in [2.45, 2.75) is 19.8 Å². The smallest absolute Gasteiger partial charge is 0.276 e. The first kappa shape index (κ1) is 15.9. The SMILES string of the molecule is Cc1nc2c3c(F)cccc3[nH]n2c(=O)c1CCC(=O)Nc1ncn[nH]1. The quantitative estimate of drug-likeness (QED) is 0.510. The Bertz CT molecular complexity index is 1180. The maximum Gasteiger partial charge on any atom is 0.276 e. The highest BCUT2D eigenvalue weighted by Crippen LogP contribution is 2.21. The third-order valence-electron chi connectivity index (χ3n) is 4.13. The Morgan fingerprint density at radius 3 is 3.00 bits per heavy atom. The Kier molecular flexibility index (Phi) is 3.72. The van der Waals surface area contributed by atoms with Crippen molar-refractivity contribution in [1.82, 2.24) is 29.8 Å². The number of anilines is 1. The molecule has 3 heterocycles. The van der Waals surface area contributed by atoms with E-state index in [4.69, 9.17) is 0 Å². The van der Waals surface area contributed by atoms with Crippen molar-refractivity contribution in [1.29, 1.82) is 0 Å². The molecule has 9 nitrogen and oxygen atoms in total.